The standard InChI is InChI=1S/C23H27N5O/c1-3-18-4-6-19(7-5-18)26-22-16-23(25-17-24-22)28-14-12-27(13-15-28)20-8-10-21(29-2)11-9-20/h4-11,16-17H,3,12-15H2,1-2H3,(H,24,25,26). The number of aromatic nitrogens is 2. The summed E-state index contributed by atoms with van der Waals surface area (Å²) in [5.41, 5.74) is 3.59. The van der Waals surface area contributed by atoms with Crippen molar-refractivity contribution in [2.45, 2.75) is 13.3 Å². The molecule has 1 saturated heterocycles. The van der Waals surface area contributed by atoms with Gasteiger partial charge in [-0.25, -0.2) is 9.97 Å². The summed E-state index contributed by atoms with van der Waals surface area (Å²) in [6.07, 6.45) is 2.67. The fourth-order valence-corrected chi connectivity index (χ4v) is 3.55. The zero-order chi connectivity index (χ0) is 20.1. The van der Waals surface area contributed by atoms with Crippen molar-refractivity contribution in [3.63, 3.8) is 0 Å². The van der Waals surface area contributed by atoms with Crippen LogP contribution in [0.25, 0.3) is 0 Å². The third-order valence-electron chi connectivity index (χ3n) is 5.33. The highest BCUT2D eigenvalue weighted by molar-refractivity contribution is 5.60. The first-order chi connectivity index (χ1) is 14.2. The second-order valence-electron chi connectivity index (χ2n) is 7.11. The third kappa shape index (κ3) is 4.59. The minimum absolute atomic E-state index is 0.817. The minimum atomic E-state index is 0.817. The Morgan fingerprint density at radius 3 is 2.24 bits per heavy atom. The number of rotatable bonds is 6. The van der Waals surface area contributed by atoms with Crippen molar-refractivity contribution in [3.05, 3.63) is 66.5 Å². The van der Waals surface area contributed by atoms with Crippen molar-refractivity contribution in [2.75, 3.05) is 48.4 Å². The van der Waals surface area contributed by atoms with Gasteiger partial charge in [0.2, 0.25) is 0 Å². The summed E-state index contributed by atoms with van der Waals surface area (Å²) in [4.78, 5) is 13.6. The van der Waals surface area contributed by atoms with Crippen LogP contribution in [-0.4, -0.2) is 43.3 Å². The maximum atomic E-state index is 5.25. The van der Waals surface area contributed by atoms with Crippen LogP contribution in [0, 0.1) is 0 Å². The van der Waals surface area contributed by atoms with Crippen molar-refractivity contribution in [3.8, 4) is 5.75 Å². The lowest BCUT2D eigenvalue weighted by Crippen LogP contribution is -2.46. The monoisotopic (exact) mass is 389 g/mol. The summed E-state index contributed by atoms with van der Waals surface area (Å²) in [5.74, 6) is 2.66. The van der Waals surface area contributed by atoms with Gasteiger partial charge in [0.1, 0.15) is 23.7 Å². The lowest BCUT2D eigenvalue weighted by molar-refractivity contribution is 0.415. The molecular weight excluding hydrogens is 362 g/mol. The molecule has 2 aromatic carbocycles. The first-order valence-electron chi connectivity index (χ1n) is 10.1. The minimum Gasteiger partial charge on any atom is -0.497 e. The molecule has 0 bridgehead atoms. The van der Waals surface area contributed by atoms with Gasteiger partial charge in [-0.1, -0.05) is 19.1 Å². The van der Waals surface area contributed by atoms with E-state index in [2.05, 4.69) is 68.4 Å². The van der Waals surface area contributed by atoms with E-state index in [9.17, 15) is 0 Å². The molecule has 29 heavy (non-hydrogen) atoms. The average molecular weight is 390 g/mol. The fraction of sp³-hybridized carbons (Fsp3) is 0.304. The van der Waals surface area contributed by atoms with E-state index in [1.807, 2.05) is 18.2 Å². The molecule has 0 amide bonds. The molecular formula is C23H27N5O. The van der Waals surface area contributed by atoms with Crippen LogP contribution >= 0.6 is 0 Å². The Hall–Kier alpha value is -3.28. The van der Waals surface area contributed by atoms with Crippen LogP contribution in [0.5, 0.6) is 5.75 Å². The van der Waals surface area contributed by atoms with E-state index in [1.54, 1.807) is 13.4 Å². The van der Waals surface area contributed by atoms with E-state index in [-0.39, 0.29) is 0 Å². The zero-order valence-electron chi connectivity index (χ0n) is 17.0. The van der Waals surface area contributed by atoms with Crippen molar-refractivity contribution in [1.82, 2.24) is 9.97 Å². The van der Waals surface area contributed by atoms with Gasteiger partial charge in [-0.15, -0.1) is 0 Å². The van der Waals surface area contributed by atoms with Gasteiger partial charge < -0.3 is 19.9 Å². The van der Waals surface area contributed by atoms with E-state index in [1.165, 1.54) is 11.3 Å². The molecule has 0 aliphatic carbocycles. The Morgan fingerprint density at radius 2 is 1.59 bits per heavy atom. The number of hydrogen-bond donors (Lipinski definition) is 1. The van der Waals surface area contributed by atoms with Crippen LogP contribution in [0.2, 0.25) is 0 Å². The predicted molar refractivity (Wildman–Crippen MR) is 119 cm³/mol. The molecule has 0 atom stereocenters. The molecule has 0 radical (unpaired) electrons. The fourth-order valence-electron chi connectivity index (χ4n) is 3.55. The number of ether oxygens (including phenoxy) is 1. The molecule has 3 aromatic rings. The van der Waals surface area contributed by atoms with Crippen molar-refractivity contribution < 1.29 is 4.74 Å². The van der Waals surface area contributed by atoms with Crippen LogP contribution < -0.4 is 19.9 Å². The number of methoxy groups -OCH3 is 1. The number of hydrogen-bond acceptors (Lipinski definition) is 6. The Balaban J connectivity index is 1.38. The van der Waals surface area contributed by atoms with E-state index in [4.69, 9.17) is 4.74 Å². The third-order valence-corrected chi connectivity index (χ3v) is 5.33. The van der Waals surface area contributed by atoms with Gasteiger partial charge in [-0.3, -0.25) is 0 Å². The highest BCUT2D eigenvalue weighted by Crippen LogP contribution is 2.23. The Bertz CT molecular complexity index is 919. The van der Waals surface area contributed by atoms with Crippen LogP contribution in [0.15, 0.2) is 60.9 Å². The highest BCUT2D eigenvalue weighted by atomic mass is 16.5. The molecule has 1 aliphatic heterocycles. The smallest absolute Gasteiger partial charge is 0.135 e. The maximum Gasteiger partial charge on any atom is 0.135 e. The number of benzene rings is 2. The number of nitrogens with one attached hydrogen (secondary N) is 1. The van der Waals surface area contributed by atoms with Crippen LogP contribution in [0.4, 0.5) is 23.0 Å². The van der Waals surface area contributed by atoms with E-state index in [0.717, 1.165) is 55.7 Å². The Labute approximate surface area is 172 Å². The van der Waals surface area contributed by atoms with Gasteiger partial charge >= 0.3 is 0 Å². The lowest BCUT2D eigenvalue weighted by atomic mass is 10.1. The topological polar surface area (TPSA) is 53.5 Å². The summed E-state index contributed by atoms with van der Waals surface area (Å²) >= 11 is 0. The Kier molecular flexibility index (Phi) is 5.79. The summed E-state index contributed by atoms with van der Waals surface area (Å²) in [6.45, 7) is 5.92. The second-order valence-corrected chi connectivity index (χ2v) is 7.11. The SMILES string of the molecule is CCc1ccc(Nc2cc(N3CCN(c4ccc(OC)cc4)CC3)ncn2)cc1. The van der Waals surface area contributed by atoms with Crippen molar-refractivity contribution in [2.24, 2.45) is 0 Å². The molecule has 2 heterocycles. The first kappa shape index (κ1) is 19.1. The van der Waals surface area contributed by atoms with Gasteiger partial charge in [-0.2, -0.15) is 0 Å². The highest BCUT2D eigenvalue weighted by Gasteiger charge is 2.19. The number of piperazine rings is 1. The summed E-state index contributed by atoms with van der Waals surface area (Å²) in [5, 5.41) is 3.38. The van der Waals surface area contributed by atoms with E-state index >= 15 is 0 Å². The summed E-state index contributed by atoms with van der Waals surface area (Å²) in [7, 11) is 1.69. The molecule has 6 nitrogen and oxygen atoms in total. The normalized spacial score (nSPS) is 14.0. The molecule has 1 aliphatic rings. The van der Waals surface area contributed by atoms with Crippen molar-refractivity contribution in [1.29, 1.82) is 0 Å². The summed E-state index contributed by atoms with van der Waals surface area (Å²) in [6, 6.07) is 18.7. The number of aryl methyl sites for hydroxylation is 1. The second kappa shape index (κ2) is 8.82. The quantitative estimate of drug-likeness (QED) is 0.685. The van der Waals surface area contributed by atoms with Crippen LogP contribution in [0.1, 0.15) is 12.5 Å². The molecule has 1 fully saturated rings. The van der Waals surface area contributed by atoms with E-state index < -0.39 is 0 Å². The molecule has 0 spiro atoms. The molecule has 150 valence electrons. The largest absolute Gasteiger partial charge is 0.497 e. The van der Waals surface area contributed by atoms with Gasteiger partial charge in [-0.05, 0) is 48.4 Å². The van der Waals surface area contributed by atoms with Crippen LogP contribution in [0.3, 0.4) is 0 Å². The van der Waals surface area contributed by atoms with Gasteiger partial charge in [0, 0.05) is 43.6 Å². The van der Waals surface area contributed by atoms with Crippen LogP contribution in [-0.2, 0) is 6.42 Å². The van der Waals surface area contributed by atoms with Gasteiger partial charge in [0.25, 0.3) is 0 Å². The Morgan fingerprint density at radius 1 is 0.897 bits per heavy atom. The molecule has 6 heteroatoms. The molecule has 0 saturated carbocycles. The predicted octanol–water partition coefficient (Wildman–Crippen LogP) is 4.12. The molecule has 0 unspecified atom stereocenters. The summed E-state index contributed by atoms with van der Waals surface area (Å²) < 4.78 is 5.25. The molecule has 4 rings (SSSR count). The molecule has 1 aromatic heterocycles. The number of anilines is 4. The average Bonchev–Trinajstić information content (AvgIpc) is 2.80. The van der Waals surface area contributed by atoms with Gasteiger partial charge in [0.15, 0.2) is 0 Å². The van der Waals surface area contributed by atoms with Gasteiger partial charge in [0.05, 0.1) is 7.11 Å². The van der Waals surface area contributed by atoms with Crippen molar-refractivity contribution >= 4 is 23.0 Å². The zero-order valence-corrected chi connectivity index (χ0v) is 17.0. The lowest BCUT2D eigenvalue weighted by Gasteiger charge is -2.36. The molecule has 1 N–H and O–H groups in total. The first-order valence-corrected chi connectivity index (χ1v) is 10.1. The number of nitrogens with zero attached hydrogens (tertiary/aromatic N) is 4. The van der Waals surface area contributed by atoms with E-state index in [0.29, 0.717) is 0 Å². The maximum absolute atomic E-state index is 5.25.